The molecule has 0 aliphatic carbocycles. The van der Waals surface area contributed by atoms with Crippen molar-refractivity contribution in [2.24, 2.45) is 0 Å². The fraction of sp³-hybridized carbons (Fsp3) is 0.269. The zero-order valence-corrected chi connectivity index (χ0v) is 21.0. The smallest absolute Gasteiger partial charge is 0.344 e. The van der Waals surface area contributed by atoms with Gasteiger partial charge >= 0.3 is 17.9 Å². The molecule has 178 valence electrons. The van der Waals surface area contributed by atoms with E-state index < -0.39 is 23.8 Å². The molecule has 0 saturated carbocycles. The summed E-state index contributed by atoms with van der Waals surface area (Å²) in [4.78, 5) is 38.3. The highest BCUT2D eigenvalue weighted by Crippen LogP contribution is 2.39. The molecule has 1 heterocycles. The van der Waals surface area contributed by atoms with Crippen molar-refractivity contribution in [3.63, 3.8) is 0 Å². The first-order valence-electron chi connectivity index (χ1n) is 10.9. The Balaban J connectivity index is 1.98. The molecule has 0 saturated heterocycles. The van der Waals surface area contributed by atoms with E-state index in [-0.39, 0.29) is 13.2 Å². The van der Waals surface area contributed by atoms with Crippen LogP contribution in [-0.4, -0.2) is 31.1 Å². The van der Waals surface area contributed by atoms with E-state index in [1.165, 1.54) is 0 Å². The molecule has 3 rings (SSSR count). The Kier molecular flexibility index (Phi) is 8.28. The summed E-state index contributed by atoms with van der Waals surface area (Å²) in [7, 11) is 0. The number of carbonyl (C=O) groups excluding carboxylic acids is 3. The second kappa shape index (κ2) is 11.2. The highest BCUT2D eigenvalue weighted by Gasteiger charge is 2.37. The van der Waals surface area contributed by atoms with Gasteiger partial charge in [0, 0.05) is 15.9 Å². The summed E-state index contributed by atoms with van der Waals surface area (Å²) in [6.07, 6.45) is 0. The highest BCUT2D eigenvalue weighted by atomic mass is 79.9. The van der Waals surface area contributed by atoms with E-state index in [2.05, 4.69) is 21.2 Å². The third-order valence-electron chi connectivity index (χ3n) is 5.27. The van der Waals surface area contributed by atoms with Gasteiger partial charge in [0.05, 0.1) is 35.8 Å². The summed E-state index contributed by atoms with van der Waals surface area (Å²) in [5, 5.41) is 3.10. The number of benzene rings is 2. The van der Waals surface area contributed by atoms with Crippen molar-refractivity contribution in [2.75, 3.05) is 13.2 Å². The number of ether oxygens (including phenoxy) is 3. The van der Waals surface area contributed by atoms with Crippen LogP contribution in [0, 0.1) is 0 Å². The second-order valence-electron chi connectivity index (χ2n) is 7.51. The van der Waals surface area contributed by atoms with Gasteiger partial charge < -0.3 is 19.5 Å². The lowest BCUT2D eigenvalue weighted by molar-refractivity contribution is -0.139. The Hall–Kier alpha value is -3.39. The third kappa shape index (κ3) is 5.39. The molecule has 1 aliphatic heterocycles. The van der Waals surface area contributed by atoms with Gasteiger partial charge in [-0.25, -0.2) is 14.4 Å². The van der Waals surface area contributed by atoms with Crippen molar-refractivity contribution in [1.29, 1.82) is 0 Å². The predicted molar refractivity (Wildman–Crippen MR) is 130 cm³/mol. The van der Waals surface area contributed by atoms with Crippen LogP contribution in [0.3, 0.4) is 0 Å². The molecule has 2 aromatic rings. The van der Waals surface area contributed by atoms with Gasteiger partial charge in [0.15, 0.2) is 0 Å². The van der Waals surface area contributed by atoms with Gasteiger partial charge in [-0.05, 0) is 73.5 Å². The van der Waals surface area contributed by atoms with Crippen LogP contribution in [0.1, 0.15) is 49.5 Å². The van der Waals surface area contributed by atoms with Crippen LogP contribution in [-0.2, 0) is 19.1 Å². The van der Waals surface area contributed by atoms with E-state index in [1.54, 1.807) is 70.2 Å². The zero-order valence-electron chi connectivity index (χ0n) is 19.4. The van der Waals surface area contributed by atoms with Gasteiger partial charge in [0.1, 0.15) is 5.75 Å². The van der Waals surface area contributed by atoms with Crippen molar-refractivity contribution < 1.29 is 28.6 Å². The monoisotopic (exact) mass is 527 g/mol. The van der Waals surface area contributed by atoms with E-state index in [9.17, 15) is 14.4 Å². The number of rotatable bonds is 7. The Morgan fingerprint density at radius 2 is 1.35 bits per heavy atom. The lowest BCUT2D eigenvalue weighted by Gasteiger charge is -2.30. The minimum Gasteiger partial charge on any atom is -0.463 e. The second-order valence-corrected chi connectivity index (χ2v) is 8.37. The van der Waals surface area contributed by atoms with Crippen LogP contribution in [0.4, 0.5) is 0 Å². The molecule has 1 aliphatic rings. The van der Waals surface area contributed by atoms with Crippen LogP contribution in [0.2, 0.25) is 0 Å². The first kappa shape index (κ1) is 25.2. The molecule has 0 aromatic heterocycles. The number of dihydropyridines is 1. The minimum absolute atomic E-state index is 0.198. The van der Waals surface area contributed by atoms with E-state index >= 15 is 0 Å². The molecular formula is C26H26BrNO6. The number of allylic oxidation sites excluding steroid dienone is 2. The number of carbonyl (C=O) groups is 3. The highest BCUT2D eigenvalue weighted by molar-refractivity contribution is 9.10. The summed E-state index contributed by atoms with van der Waals surface area (Å²) >= 11 is 3.35. The van der Waals surface area contributed by atoms with Crippen molar-refractivity contribution in [2.45, 2.75) is 33.6 Å². The van der Waals surface area contributed by atoms with Crippen LogP contribution < -0.4 is 10.1 Å². The Morgan fingerprint density at radius 1 is 0.824 bits per heavy atom. The molecule has 1 N–H and O–H groups in total. The molecule has 0 atom stereocenters. The van der Waals surface area contributed by atoms with E-state index in [0.717, 1.165) is 0 Å². The molecule has 0 spiro atoms. The number of esters is 3. The van der Waals surface area contributed by atoms with Gasteiger partial charge in [-0.2, -0.15) is 0 Å². The lowest BCUT2D eigenvalue weighted by atomic mass is 9.80. The topological polar surface area (TPSA) is 90.9 Å². The van der Waals surface area contributed by atoms with Crippen molar-refractivity contribution in [1.82, 2.24) is 5.32 Å². The molecule has 0 unspecified atom stereocenters. The first-order chi connectivity index (χ1) is 16.3. The van der Waals surface area contributed by atoms with Gasteiger partial charge in [0.2, 0.25) is 0 Å². The summed E-state index contributed by atoms with van der Waals surface area (Å²) in [6.45, 7) is 7.37. The summed E-state index contributed by atoms with van der Waals surface area (Å²) in [6, 6.07) is 13.7. The number of hydrogen-bond acceptors (Lipinski definition) is 7. The van der Waals surface area contributed by atoms with Crippen LogP contribution >= 0.6 is 15.9 Å². The maximum absolute atomic E-state index is 12.9. The molecule has 2 aromatic carbocycles. The molecule has 0 radical (unpaired) electrons. The first-order valence-corrected chi connectivity index (χ1v) is 11.7. The van der Waals surface area contributed by atoms with Gasteiger partial charge in [0.25, 0.3) is 0 Å². The largest absolute Gasteiger partial charge is 0.463 e. The van der Waals surface area contributed by atoms with Crippen LogP contribution in [0.25, 0.3) is 0 Å². The fourth-order valence-electron chi connectivity index (χ4n) is 3.80. The normalized spacial score (nSPS) is 13.9. The molecule has 8 heteroatoms. The van der Waals surface area contributed by atoms with Gasteiger partial charge in [-0.15, -0.1) is 0 Å². The molecule has 0 amide bonds. The van der Waals surface area contributed by atoms with E-state index in [4.69, 9.17) is 14.2 Å². The van der Waals surface area contributed by atoms with Crippen LogP contribution in [0.5, 0.6) is 5.75 Å². The maximum atomic E-state index is 12.9. The third-order valence-corrected chi connectivity index (χ3v) is 5.96. The Morgan fingerprint density at radius 3 is 1.85 bits per heavy atom. The summed E-state index contributed by atoms with van der Waals surface area (Å²) in [5.41, 5.74) is 2.90. The number of nitrogens with one attached hydrogen (secondary N) is 1. The average Bonchev–Trinajstić information content (AvgIpc) is 2.79. The standard InChI is InChI=1S/C26H26BrNO6/c1-5-32-25(30)21-15(3)28-16(4)22(26(31)33-6-2)23(21)17-11-13-18(14-12-17)34-24(29)19-9-7-8-10-20(19)27/h7-14,23,28H,5-6H2,1-4H3. The summed E-state index contributed by atoms with van der Waals surface area (Å²) < 4.78 is 16.7. The predicted octanol–water partition coefficient (Wildman–Crippen LogP) is 5.03. The van der Waals surface area contributed by atoms with Crippen molar-refractivity contribution >= 4 is 33.8 Å². The molecule has 0 fully saturated rings. The van der Waals surface area contributed by atoms with E-state index in [1.807, 2.05) is 6.07 Å². The van der Waals surface area contributed by atoms with Crippen molar-refractivity contribution in [3.8, 4) is 5.75 Å². The molecular weight excluding hydrogens is 502 g/mol. The molecule has 7 nitrogen and oxygen atoms in total. The zero-order chi connectivity index (χ0) is 24.8. The Bertz CT molecular complexity index is 1130. The lowest BCUT2D eigenvalue weighted by Crippen LogP contribution is -2.32. The average molecular weight is 528 g/mol. The number of halogens is 1. The minimum atomic E-state index is -0.702. The summed E-state index contributed by atoms with van der Waals surface area (Å²) in [5.74, 6) is -1.91. The quantitative estimate of drug-likeness (QED) is 0.398. The van der Waals surface area contributed by atoms with Gasteiger partial charge in [-0.1, -0.05) is 24.3 Å². The Labute approximate surface area is 206 Å². The van der Waals surface area contributed by atoms with Crippen LogP contribution in [0.15, 0.2) is 75.5 Å². The van der Waals surface area contributed by atoms with Crippen molar-refractivity contribution in [3.05, 3.63) is 86.7 Å². The van der Waals surface area contributed by atoms with E-state index in [0.29, 0.717) is 43.9 Å². The number of hydrogen-bond donors (Lipinski definition) is 1. The van der Waals surface area contributed by atoms with Gasteiger partial charge in [-0.3, -0.25) is 0 Å². The molecule has 34 heavy (non-hydrogen) atoms. The molecule has 0 bridgehead atoms. The SMILES string of the molecule is CCOC(=O)C1=C(C)NC(C)=C(C(=O)OCC)C1c1ccc(OC(=O)c2ccccc2Br)cc1. The maximum Gasteiger partial charge on any atom is 0.344 e. The fourth-order valence-corrected chi connectivity index (χ4v) is 4.25.